The standard InChI is InChI=1S/C17H20N2O2/c1-12-5-6-13(11-16(12)21-4)17(20)18-14-7-9-15(10-8-14)19(2)3/h5-11H,1-4H3,(H,18,20). The quantitative estimate of drug-likeness (QED) is 0.936. The highest BCUT2D eigenvalue weighted by molar-refractivity contribution is 6.04. The van der Waals surface area contributed by atoms with Gasteiger partial charge in [0, 0.05) is 31.0 Å². The predicted molar refractivity (Wildman–Crippen MR) is 86.5 cm³/mol. The Morgan fingerprint density at radius 1 is 1.10 bits per heavy atom. The summed E-state index contributed by atoms with van der Waals surface area (Å²) in [7, 11) is 5.56. The molecule has 0 aliphatic heterocycles. The van der Waals surface area contributed by atoms with Crippen molar-refractivity contribution in [1.82, 2.24) is 0 Å². The normalized spacial score (nSPS) is 10.1. The van der Waals surface area contributed by atoms with E-state index in [0.29, 0.717) is 11.3 Å². The lowest BCUT2D eigenvalue weighted by atomic mass is 10.1. The number of anilines is 2. The molecule has 21 heavy (non-hydrogen) atoms. The third-order valence-corrected chi connectivity index (χ3v) is 3.31. The van der Waals surface area contributed by atoms with E-state index in [9.17, 15) is 4.79 Å². The Hall–Kier alpha value is -2.49. The zero-order valence-electron chi connectivity index (χ0n) is 12.8. The molecule has 0 heterocycles. The first-order chi connectivity index (χ1) is 10.0. The fourth-order valence-corrected chi connectivity index (χ4v) is 2.01. The number of hydrogen-bond acceptors (Lipinski definition) is 3. The summed E-state index contributed by atoms with van der Waals surface area (Å²) >= 11 is 0. The Morgan fingerprint density at radius 2 is 1.76 bits per heavy atom. The maximum absolute atomic E-state index is 12.2. The molecule has 110 valence electrons. The molecule has 2 aromatic rings. The summed E-state index contributed by atoms with van der Waals surface area (Å²) in [6.45, 7) is 1.94. The molecule has 0 spiro atoms. The number of ether oxygens (including phenoxy) is 1. The van der Waals surface area contributed by atoms with Crippen molar-refractivity contribution in [3.05, 3.63) is 53.6 Å². The minimum Gasteiger partial charge on any atom is -0.496 e. The minimum atomic E-state index is -0.147. The Kier molecular flexibility index (Phi) is 4.48. The molecule has 1 amide bonds. The smallest absolute Gasteiger partial charge is 0.255 e. The molecule has 4 heteroatoms. The van der Waals surface area contributed by atoms with Gasteiger partial charge in [-0.1, -0.05) is 6.07 Å². The monoisotopic (exact) mass is 284 g/mol. The number of aryl methyl sites for hydroxylation is 1. The number of benzene rings is 2. The van der Waals surface area contributed by atoms with Crippen LogP contribution in [0.3, 0.4) is 0 Å². The lowest BCUT2D eigenvalue weighted by Crippen LogP contribution is -2.13. The molecule has 4 nitrogen and oxygen atoms in total. The van der Waals surface area contributed by atoms with Crippen LogP contribution in [0.25, 0.3) is 0 Å². The molecule has 0 unspecified atom stereocenters. The van der Waals surface area contributed by atoms with Gasteiger partial charge in [-0.2, -0.15) is 0 Å². The average Bonchev–Trinajstić information content (AvgIpc) is 2.48. The number of nitrogens with one attached hydrogen (secondary N) is 1. The molecule has 0 saturated heterocycles. The van der Waals surface area contributed by atoms with Gasteiger partial charge in [-0.15, -0.1) is 0 Å². The predicted octanol–water partition coefficient (Wildman–Crippen LogP) is 3.32. The second-order valence-electron chi connectivity index (χ2n) is 5.08. The molecule has 0 bridgehead atoms. The third-order valence-electron chi connectivity index (χ3n) is 3.31. The van der Waals surface area contributed by atoms with Gasteiger partial charge < -0.3 is 15.0 Å². The highest BCUT2D eigenvalue weighted by atomic mass is 16.5. The summed E-state index contributed by atoms with van der Waals surface area (Å²) in [5.74, 6) is 0.566. The SMILES string of the molecule is COc1cc(C(=O)Nc2ccc(N(C)C)cc2)ccc1C. The van der Waals surface area contributed by atoms with Crippen LogP contribution in [-0.4, -0.2) is 27.1 Å². The van der Waals surface area contributed by atoms with Gasteiger partial charge >= 0.3 is 0 Å². The molecule has 1 N–H and O–H groups in total. The van der Waals surface area contributed by atoms with Crippen molar-refractivity contribution in [2.75, 3.05) is 31.4 Å². The molecule has 0 radical (unpaired) electrons. The van der Waals surface area contributed by atoms with E-state index in [4.69, 9.17) is 4.74 Å². The maximum atomic E-state index is 12.2. The topological polar surface area (TPSA) is 41.6 Å². The number of carbonyl (C=O) groups is 1. The molecule has 0 fully saturated rings. The maximum Gasteiger partial charge on any atom is 0.255 e. The Balaban J connectivity index is 2.14. The highest BCUT2D eigenvalue weighted by Crippen LogP contribution is 2.21. The zero-order chi connectivity index (χ0) is 15.4. The van der Waals surface area contributed by atoms with E-state index in [-0.39, 0.29) is 5.91 Å². The largest absolute Gasteiger partial charge is 0.496 e. The van der Waals surface area contributed by atoms with Crippen molar-refractivity contribution in [3.63, 3.8) is 0 Å². The molecule has 0 aliphatic carbocycles. The van der Waals surface area contributed by atoms with Gasteiger partial charge in [-0.05, 0) is 48.9 Å². The van der Waals surface area contributed by atoms with Gasteiger partial charge in [-0.25, -0.2) is 0 Å². The highest BCUT2D eigenvalue weighted by Gasteiger charge is 2.09. The first kappa shape index (κ1) is 14.9. The van der Waals surface area contributed by atoms with Crippen LogP contribution in [0.5, 0.6) is 5.75 Å². The van der Waals surface area contributed by atoms with E-state index in [1.165, 1.54) is 0 Å². The number of nitrogens with zero attached hydrogens (tertiary/aromatic N) is 1. The van der Waals surface area contributed by atoms with Gasteiger partial charge in [0.1, 0.15) is 5.75 Å². The van der Waals surface area contributed by atoms with E-state index in [1.807, 2.05) is 56.3 Å². The Morgan fingerprint density at radius 3 is 2.33 bits per heavy atom. The third kappa shape index (κ3) is 3.54. The number of hydrogen-bond donors (Lipinski definition) is 1. The van der Waals surface area contributed by atoms with E-state index in [0.717, 1.165) is 16.9 Å². The van der Waals surface area contributed by atoms with Gasteiger partial charge in [0.2, 0.25) is 0 Å². The Bertz CT molecular complexity index is 634. The molecular formula is C17H20N2O2. The molecule has 0 aliphatic rings. The molecular weight excluding hydrogens is 264 g/mol. The Labute approximate surface area is 125 Å². The molecule has 2 aromatic carbocycles. The summed E-state index contributed by atoms with van der Waals surface area (Å²) < 4.78 is 5.24. The van der Waals surface area contributed by atoms with Crippen molar-refractivity contribution in [3.8, 4) is 5.75 Å². The van der Waals surface area contributed by atoms with E-state index in [2.05, 4.69) is 5.32 Å². The number of rotatable bonds is 4. The molecule has 0 atom stereocenters. The van der Waals surface area contributed by atoms with Crippen LogP contribution in [0.4, 0.5) is 11.4 Å². The number of amides is 1. The van der Waals surface area contributed by atoms with Crippen molar-refractivity contribution in [1.29, 1.82) is 0 Å². The zero-order valence-corrected chi connectivity index (χ0v) is 12.8. The van der Waals surface area contributed by atoms with Crippen LogP contribution in [0, 0.1) is 6.92 Å². The second-order valence-corrected chi connectivity index (χ2v) is 5.08. The van der Waals surface area contributed by atoms with Crippen LogP contribution in [0.2, 0.25) is 0 Å². The average molecular weight is 284 g/mol. The number of carbonyl (C=O) groups excluding carboxylic acids is 1. The van der Waals surface area contributed by atoms with Crippen molar-refractivity contribution < 1.29 is 9.53 Å². The summed E-state index contributed by atoms with van der Waals surface area (Å²) in [4.78, 5) is 14.2. The lowest BCUT2D eigenvalue weighted by Gasteiger charge is -2.13. The van der Waals surface area contributed by atoms with E-state index in [1.54, 1.807) is 19.2 Å². The van der Waals surface area contributed by atoms with Gasteiger partial charge in [-0.3, -0.25) is 4.79 Å². The van der Waals surface area contributed by atoms with Crippen LogP contribution < -0.4 is 15.0 Å². The summed E-state index contributed by atoms with van der Waals surface area (Å²) in [5, 5.41) is 2.88. The van der Waals surface area contributed by atoms with Gasteiger partial charge in [0.25, 0.3) is 5.91 Å². The lowest BCUT2D eigenvalue weighted by molar-refractivity contribution is 0.102. The fourth-order valence-electron chi connectivity index (χ4n) is 2.01. The summed E-state index contributed by atoms with van der Waals surface area (Å²) in [5.41, 5.74) is 3.44. The van der Waals surface area contributed by atoms with Crippen molar-refractivity contribution in [2.45, 2.75) is 6.92 Å². The molecule has 0 saturated carbocycles. The summed E-state index contributed by atoms with van der Waals surface area (Å²) in [6.07, 6.45) is 0. The van der Waals surface area contributed by atoms with Crippen LogP contribution in [0.1, 0.15) is 15.9 Å². The van der Waals surface area contributed by atoms with Gasteiger partial charge in [0.15, 0.2) is 0 Å². The second kappa shape index (κ2) is 6.31. The van der Waals surface area contributed by atoms with Crippen LogP contribution >= 0.6 is 0 Å². The number of methoxy groups -OCH3 is 1. The van der Waals surface area contributed by atoms with Crippen molar-refractivity contribution >= 4 is 17.3 Å². The minimum absolute atomic E-state index is 0.147. The van der Waals surface area contributed by atoms with E-state index < -0.39 is 0 Å². The van der Waals surface area contributed by atoms with E-state index >= 15 is 0 Å². The van der Waals surface area contributed by atoms with Crippen LogP contribution in [0.15, 0.2) is 42.5 Å². The fraction of sp³-hybridized carbons (Fsp3) is 0.235. The first-order valence-electron chi connectivity index (χ1n) is 6.74. The summed E-state index contributed by atoms with van der Waals surface area (Å²) in [6, 6.07) is 13.1. The first-order valence-corrected chi connectivity index (χ1v) is 6.74. The molecule has 2 rings (SSSR count). The molecule has 0 aromatic heterocycles. The van der Waals surface area contributed by atoms with Crippen LogP contribution in [-0.2, 0) is 0 Å². The van der Waals surface area contributed by atoms with Gasteiger partial charge in [0.05, 0.1) is 7.11 Å². The van der Waals surface area contributed by atoms with Crippen molar-refractivity contribution in [2.24, 2.45) is 0 Å².